The maximum absolute atomic E-state index is 4.30. The van der Waals surface area contributed by atoms with Crippen LogP contribution in [0, 0.1) is 5.41 Å². The van der Waals surface area contributed by atoms with Crippen LogP contribution in [0.5, 0.6) is 0 Å². The molecule has 112 valence electrons. The topological polar surface area (TPSA) is 28.2 Å². The fourth-order valence-electron chi connectivity index (χ4n) is 2.93. The maximum atomic E-state index is 4.30. The van der Waals surface area contributed by atoms with Crippen molar-refractivity contribution in [2.45, 2.75) is 53.0 Å². The van der Waals surface area contributed by atoms with Crippen LogP contribution in [-0.2, 0) is 6.54 Å². The Balaban J connectivity index is 2.07. The third-order valence-corrected chi connectivity index (χ3v) is 4.30. The highest BCUT2D eigenvalue weighted by molar-refractivity contribution is 5.52. The minimum atomic E-state index is 0.488. The SMILES string of the molecule is CCCNCc1cnccc1N1CCCC(C)(C)CC1. The molecule has 0 atom stereocenters. The van der Waals surface area contributed by atoms with Gasteiger partial charge in [-0.2, -0.15) is 0 Å². The molecule has 1 aromatic rings. The van der Waals surface area contributed by atoms with Crippen molar-refractivity contribution in [2.75, 3.05) is 24.5 Å². The zero-order valence-corrected chi connectivity index (χ0v) is 13.3. The molecule has 1 aliphatic heterocycles. The summed E-state index contributed by atoms with van der Waals surface area (Å²) in [7, 11) is 0. The van der Waals surface area contributed by atoms with Gasteiger partial charge in [0.25, 0.3) is 0 Å². The molecule has 0 aliphatic carbocycles. The van der Waals surface area contributed by atoms with E-state index in [0.29, 0.717) is 5.41 Å². The minimum absolute atomic E-state index is 0.488. The highest BCUT2D eigenvalue weighted by Gasteiger charge is 2.23. The van der Waals surface area contributed by atoms with E-state index in [4.69, 9.17) is 0 Å². The fraction of sp³-hybridized carbons (Fsp3) is 0.706. The Kier molecular flexibility index (Phi) is 5.41. The highest BCUT2D eigenvalue weighted by Crippen LogP contribution is 2.32. The van der Waals surface area contributed by atoms with E-state index in [2.05, 4.69) is 42.0 Å². The van der Waals surface area contributed by atoms with Crippen LogP contribution in [0.4, 0.5) is 5.69 Å². The average molecular weight is 275 g/mol. The molecule has 0 bridgehead atoms. The van der Waals surface area contributed by atoms with Crippen molar-refractivity contribution >= 4 is 5.69 Å². The minimum Gasteiger partial charge on any atom is -0.371 e. The standard InChI is InChI=1S/C17H29N3/c1-4-9-18-13-15-14-19-10-6-16(15)20-11-5-7-17(2,3)8-12-20/h6,10,14,18H,4-5,7-9,11-13H2,1-3H3. The molecule has 0 saturated carbocycles. The number of pyridine rings is 1. The summed E-state index contributed by atoms with van der Waals surface area (Å²) in [5.41, 5.74) is 3.20. The largest absolute Gasteiger partial charge is 0.371 e. The van der Waals surface area contributed by atoms with E-state index in [9.17, 15) is 0 Å². The average Bonchev–Trinajstić information content (AvgIpc) is 2.61. The zero-order valence-electron chi connectivity index (χ0n) is 13.3. The Morgan fingerprint density at radius 3 is 2.95 bits per heavy atom. The second kappa shape index (κ2) is 7.07. The lowest BCUT2D eigenvalue weighted by Gasteiger charge is -2.26. The third kappa shape index (κ3) is 4.20. The molecule has 0 aromatic carbocycles. The number of rotatable bonds is 5. The van der Waals surface area contributed by atoms with Crippen LogP contribution in [-0.4, -0.2) is 24.6 Å². The van der Waals surface area contributed by atoms with Crippen LogP contribution in [0.3, 0.4) is 0 Å². The molecule has 1 fully saturated rings. The molecule has 3 nitrogen and oxygen atoms in total. The Labute approximate surface area is 123 Å². The van der Waals surface area contributed by atoms with Crippen LogP contribution in [0.25, 0.3) is 0 Å². The quantitative estimate of drug-likeness (QED) is 0.832. The smallest absolute Gasteiger partial charge is 0.0442 e. The van der Waals surface area contributed by atoms with Gasteiger partial charge in [0.2, 0.25) is 0 Å². The van der Waals surface area contributed by atoms with Crippen molar-refractivity contribution in [1.29, 1.82) is 0 Å². The normalized spacial score (nSPS) is 18.9. The Hall–Kier alpha value is -1.09. The van der Waals surface area contributed by atoms with Crippen molar-refractivity contribution in [2.24, 2.45) is 5.41 Å². The number of aromatic nitrogens is 1. The van der Waals surface area contributed by atoms with E-state index >= 15 is 0 Å². The summed E-state index contributed by atoms with van der Waals surface area (Å²) in [6.45, 7) is 11.3. The third-order valence-electron chi connectivity index (χ3n) is 4.30. The first-order valence-electron chi connectivity index (χ1n) is 8.01. The van der Waals surface area contributed by atoms with Crippen molar-refractivity contribution in [3.63, 3.8) is 0 Å². The van der Waals surface area contributed by atoms with E-state index < -0.39 is 0 Å². The van der Waals surface area contributed by atoms with Gasteiger partial charge in [-0.25, -0.2) is 0 Å². The fourth-order valence-corrected chi connectivity index (χ4v) is 2.93. The van der Waals surface area contributed by atoms with Crippen LogP contribution in [0.15, 0.2) is 18.5 Å². The summed E-state index contributed by atoms with van der Waals surface area (Å²) in [6.07, 6.45) is 9.02. The van der Waals surface area contributed by atoms with Gasteiger partial charge in [-0.3, -0.25) is 4.98 Å². The molecule has 1 N–H and O–H groups in total. The molecule has 0 unspecified atom stereocenters. The van der Waals surface area contributed by atoms with Crippen molar-refractivity contribution < 1.29 is 0 Å². The van der Waals surface area contributed by atoms with Gasteiger partial charge in [0, 0.05) is 43.3 Å². The molecule has 2 rings (SSSR count). The molecule has 1 aliphatic rings. The van der Waals surface area contributed by atoms with Crippen LogP contribution < -0.4 is 10.2 Å². The monoisotopic (exact) mass is 275 g/mol. The first-order valence-corrected chi connectivity index (χ1v) is 8.01. The Bertz CT molecular complexity index is 414. The van der Waals surface area contributed by atoms with Gasteiger partial charge in [-0.05, 0) is 43.7 Å². The van der Waals surface area contributed by atoms with Crippen molar-refractivity contribution in [3.05, 3.63) is 24.0 Å². The molecule has 1 saturated heterocycles. The molecule has 0 amide bonds. The van der Waals surface area contributed by atoms with Gasteiger partial charge >= 0.3 is 0 Å². The lowest BCUT2D eigenvalue weighted by Crippen LogP contribution is -2.27. The summed E-state index contributed by atoms with van der Waals surface area (Å²) >= 11 is 0. The van der Waals surface area contributed by atoms with Crippen LogP contribution in [0.2, 0.25) is 0 Å². The number of hydrogen-bond acceptors (Lipinski definition) is 3. The van der Waals surface area contributed by atoms with Gasteiger partial charge in [0.1, 0.15) is 0 Å². The molecule has 0 radical (unpaired) electrons. The second-order valence-electron chi connectivity index (χ2n) is 6.69. The summed E-state index contributed by atoms with van der Waals surface area (Å²) in [5.74, 6) is 0. The zero-order chi connectivity index (χ0) is 14.4. The molecular formula is C17H29N3. The van der Waals surface area contributed by atoms with Gasteiger partial charge < -0.3 is 10.2 Å². The molecule has 20 heavy (non-hydrogen) atoms. The highest BCUT2D eigenvalue weighted by atomic mass is 15.1. The number of nitrogens with zero attached hydrogens (tertiary/aromatic N) is 2. The summed E-state index contributed by atoms with van der Waals surface area (Å²) in [4.78, 5) is 6.86. The summed E-state index contributed by atoms with van der Waals surface area (Å²) < 4.78 is 0. The van der Waals surface area contributed by atoms with E-state index in [1.165, 1.54) is 43.5 Å². The van der Waals surface area contributed by atoms with Crippen LogP contribution in [0.1, 0.15) is 52.0 Å². The van der Waals surface area contributed by atoms with Crippen LogP contribution >= 0.6 is 0 Å². The number of nitrogens with one attached hydrogen (secondary N) is 1. The van der Waals surface area contributed by atoms with Gasteiger partial charge in [-0.15, -0.1) is 0 Å². The van der Waals surface area contributed by atoms with Crippen molar-refractivity contribution in [1.82, 2.24) is 10.3 Å². The predicted molar refractivity (Wildman–Crippen MR) is 86.1 cm³/mol. The number of anilines is 1. The molecular weight excluding hydrogens is 246 g/mol. The van der Waals surface area contributed by atoms with E-state index in [1.807, 2.05) is 12.4 Å². The Morgan fingerprint density at radius 2 is 2.15 bits per heavy atom. The number of hydrogen-bond donors (Lipinski definition) is 1. The van der Waals surface area contributed by atoms with Crippen molar-refractivity contribution in [3.8, 4) is 0 Å². The molecule has 1 aromatic heterocycles. The van der Waals surface area contributed by atoms with Gasteiger partial charge in [-0.1, -0.05) is 20.8 Å². The van der Waals surface area contributed by atoms with E-state index in [0.717, 1.165) is 19.6 Å². The predicted octanol–water partition coefficient (Wildman–Crippen LogP) is 3.60. The van der Waals surface area contributed by atoms with E-state index in [1.54, 1.807) is 0 Å². The lowest BCUT2D eigenvalue weighted by molar-refractivity contribution is 0.325. The summed E-state index contributed by atoms with van der Waals surface area (Å²) in [6, 6.07) is 2.18. The molecule has 3 heteroatoms. The van der Waals surface area contributed by atoms with E-state index in [-0.39, 0.29) is 0 Å². The summed E-state index contributed by atoms with van der Waals surface area (Å²) in [5, 5.41) is 3.50. The van der Waals surface area contributed by atoms with Gasteiger partial charge in [0.15, 0.2) is 0 Å². The lowest BCUT2D eigenvalue weighted by atomic mass is 9.85. The maximum Gasteiger partial charge on any atom is 0.0442 e. The van der Waals surface area contributed by atoms with Gasteiger partial charge in [0.05, 0.1) is 0 Å². The first-order chi connectivity index (χ1) is 9.62. The Morgan fingerprint density at radius 1 is 1.30 bits per heavy atom. The molecule has 2 heterocycles. The second-order valence-corrected chi connectivity index (χ2v) is 6.69. The first kappa shape index (κ1) is 15.3. The molecule has 0 spiro atoms.